The molecule has 0 saturated carbocycles. The van der Waals surface area contributed by atoms with Gasteiger partial charge in [0.25, 0.3) is 0 Å². The second-order valence-electron chi connectivity index (χ2n) is 6.41. The predicted molar refractivity (Wildman–Crippen MR) is 108 cm³/mol. The molecule has 0 fully saturated rings. The summed E-state index contributed by atoms with van der Waals surface area (Å²) in [5, 5.41) is 0. The van der Waals surface area contributed by atoms with Crippen molar-refractivity contribution in [1.29, 1.82) is 0 Å². The maximum Gasteiger partial charge on any atom is 0.196 e. The van der Waals surface area contributed by atoms with Crippen LogP contribution in [-0.4, -0.2) is 20.0 Å². The van der Waals surface area contributed by atoms with E-state index in [2.05, 4.69) is 0 Å². The Labute approximate surface area is 164 Å². The topological polar surface area (TPSA) is 44.8 Å². The second kappa shape index (κ2) is 7.61. The minimum Gasteiger partial charge on any atom is -0.496 e. The van der Waals surface area contributed by atoms with Crippen LogP contribution in [0.15, 0.2) is 78.4 Å². The van der Waals surface area contributed by atoms with Gasteiger partial charge in [0.05, 0.1) is 19.8 Å². The van der Waals surface area contributed by atoms with Crippen LogP contribution in [0, 0.1) is 0 Å². The fraction of sp³-hybridized carbons (Fsp3) is 0.125. The van der Waals surface area contributed by atoms with Gasteiger partial charge in [0.15, 0.2) is 11.9 Å². The SMILES string of the molecule is COc1ccccc1/C=C1/C(=O)c2ccccc2OC1c1ccccc1OC. The van der Waals surface area contributed by atoms with Crippen molar-refractivity contribution < 1.29 is 19.0 Å². The lowest BCUT2D eigenvalue weighted by Gasteiger charge is -2.29. The normalized spacial score (nSPS) is 17.0. The average molecular weight is 372 g/mol. The van der Waals surface area contributed by atoms with Crippen molar-refractivity contribution in [2.24, 2.45) is 0 Å². The van der Waals surface area contributed by atoms with Gasteiger partial charge in [-0.05, 0) is 30.3 Å². The first kappa shape index (κ1) is 17.9. The molecule has 0 aromatic heterocycles. The van der Waals surface area contributed by atoms with E-state index < -0.39 is 6.10 Å². The summed E-state index contributed by atoms with van der Waals surface area (Å²) in [6.07, 6.45) is 1.26. The summed E-state index contributed by atoms with van der Waals surface area (Å²) in [5.41, 5.74) is 2.70. The molecule has 0 N–H and O–H groups in total. The molecule has 1 aliphatic rings. The van der Waals surface area contributed by atoms with E-state index in [-0.39, 0.29) is 5.78 Å². The molecule has 1 atom stereocenters. The fourth-order valence-electron chi connectivity index (χ4n) is 3.43. The Morgan fingerprint density at radius 1 is 0.821 bits per heavy atom. The first-order valence-electron chi connectivity index (χ1n) is 9.01. The number of ether oxygens (including phenoxy) is 3. The van der Waals surface area contributed by atoms with Crippen LogP contribution in [0.5, 0.6) is 17.2 Å². The first-order valence-corrected chi connectivity index (χ1v) is 9.01. The zero-order valence-corrected chi connectivity index (χ0v) is 15.7. The minimum absolute atomic E-state index is 0.0661. The summed E-state index contributed by atoms with van der Waals surface area (Å²) in [6, 6.07) is 22.5. The first-order chi connectivity index (χ1) is 13.7. The van der Waals surface area contributed by atoms with Gasteiger partial charge >= 0.3 is 0 Å². The number of hydrogen-bond acceptors (Lipinski definition) is 4. The number of carbonyl (C=O) groups is 1. The Morgan fingerprint density at radius 3 is 2.25 bits per heavy atom. The number of benzene rings is 3. The molecule has 0 spiro atoms. The Kier molecular flexibility index (Phi) is 4.85. The van der Waals surface area contributed by atoms with Crippen LogP contribution < -0.4 is 14.2 Å². The molecule has 1 unspecified atom stereocenters. The summed E-state index contributed by atoms with van der Waals surface area (Å²) in [4.78, 5) is 13.4. The fourth-order valence-corrected chi connectivity index (χ4v) is 3.43. The third-order valence-corrected chi connectivity index (χ3v) is 4.79. The molecule has 1 heterocycles. The highest BCUT2D eigenvalue weighted by molar-refractivity contribution is 6.14. The molecule has 0 amide bonds. The van der Waals surface area contributed by atoms with Crippen molar-refractivity contribution in [2.45, 2.75) is 6.10 Å². The van der Waals surface area contributed by atoms with Gasteiger partial charge in [0, 0.05) is 16.7 Å². The highest BCUT2D eigenvalue weighted by Gasteiger charge is 2.34. The number of methoxy groups -OCH3 is 2. The third-order valence-electron chi connectivity index (χ3n) is 4.79. The van der Waals surface area contributed by atoms with Crippen LogP contribution >= 0.6 is 0 Å². The number of carbonyl (C=O) groups excluding carboxylic acids is 1. The van der Waals surface area contributed by atoms with E-state index in [9.17, 15) is 4.79 Å². The highest BCUT2D eigenvalue weighted by Crippen LogP contribution is 2.42. The van der Waals surface area contributed by atoms with Crippen molar-refractivity contribution in [3.8, 4) is 17.2 Å². The molecule has 3 aromatic rings. The molecule has 4 nitrogen and oxygen atoms in total. The summed E-state index contributed by atoms with van der Waals surface area (Å²) in [6.45, 7) is 0. The maximum atomic E-state index is 13.4. The molecule has 4 heteroatoms. The molecule has 28 heavy (non-hydrogen) atoms. The van der Waals surface area contributed by atoms with E-state index in [1.807, 2.05) is 72.8 Å². The molecule has 1 aliphatic heterocycles. The van der Waals surface area contributed by atoms with E-state index in [4.69, 9.17) is 14.2 Å². The molecular formula is C24H20O4. The molecule has 0 bridgehead atoms. The Hall–Kier alpha value is -3.53. The summed E-state index contributed by atoms with van der Waals surface area (Å²) >= 11 is 0. The van der Waals surface area contributed by atoms with Gasteiger partial charge in [-0.15, -0.1) is 0 Å². The van der Waals surface area contributed by atoms with Gasteiger partial charge in [-0.25, -0.2) is 0 Å². The van der Waals surface area contributed by atoms with Crippen LogP contribution in [0.2, 0.25) is 0 Å². The number of rotatable bonds is 4. The summed E-state index contributed by atoms with van der Waals surface area (Å²) in [7, 11) is 3.23. The number of hydrogen-bond donors (Lipinski definition) is 0. The summed E-state index contributed by atoms with van der Waals surface area (Å²) < 4.78 is 17.3. The van der Waals surface area contributed by atoms with Gasteiger partial charge in [-0.2, -0.15) is 0 Å². The molecular weight excluding hydrogens is 352 g/mol. The second-order valence-corrected chi connectivity index (χ2v) is 6.41. The van der Waals surface area contributed by atoms with E-state index in [1.54, 1.807) is 20.3 Å². The van der Waals surface area contributed by atoms with Gasteiger partial charge in [-0.1, -0.05) is 48.5 Å². The molecule has 0 aliphatic carbocycles. The van der Waals surface area contributed by atoms with Crippen LogP contribution in [0.3, 0.4) is 0 Å². The van der Waals surface area contributed by atoms with Crippen molar-refractivity contribution >= 4 is 11.9 Å². The number of fused-ring (bicyclic) bond motifs is 1. The van der Waals surface area contributed by atoms with Gasteiger partial charge in [-0.3, -0.25) is 4.79 Å². The van der Waals surface area contributed by atoms with Crippen molar-refractivity contribution in [2.75, 3.05) is 14.2 Å². The number of Topliss-reactive ketones (excluding diaryl/α,β-unsaturated/α-hetero) is 1. The molecule has 3 aromatic carbocycles. The smallest absolute Gasteiger partial charge is 0.196 e. The third kappa shape index (κ3) is 3.14. The van der Waals surface area contributed by atoms with Crippen molar-refractivity contribution in [3.63, 3.8) is 0 Å². The Bertz CT molecular complexity index is 1050. The largest absolute Gasteiger partial charge is 0.496 e. The zero-order chi connectivity index (χ0) is 19.5. The predicted octanol–water partition coefficient (Wildman–Crippen LogP) is 5.10. The van der Waals surface area contributed by atoms with Gasteiger partial charge in [0.2, 0.25) is 0 Å². The average Bonchev–Trinajstić information content (AvgIpc) is 2.76. The highest BCUT2D eigenvalue weighted by atomic mass is 16.5. The Morgan fingerprint density at radius 2 is 1.46 bits per heavy atom. The minimum atomic E-state index is -0.580. The number of ketones is 1. The van der Waals surface area contributed by atoms with Gasteiger partial charge < -0.3 is 14.2 Å². The lowest BCUT2D eigenvalue weighted by atomic mass is 9.89. The van der Waals surface area contributed by atoms with E-state index in [0.717, 1.165) is 11.1 Å². The molecule has 4 rings (SSSR count). The summed E-state index contributed by atoms with van der Waals surface area (Å²) in [5.74, 6) is 1.87. The quantitative estimate of drug-likeness (QED) is 0.598. The van der Waals surface area contributed by atoms with Crippen molar-refractivity contribution in [1.82, 2.24) is 0 Å². The van der Waals surface area contributed by atoms with Crippen LogP contribution in [-0.2, 0) is 0 Å². The maximum absolute atomic E-state index is 13.4. The van der Waals surface area contributed by atoms with Crippen molar-refractivity contribution in [3.05, 3.63) is 95.1 Å². The lowest BCUT2D eigenvalue weighted by Crippen LogP contribution is -2.24. The van der Waals surface area contributed by atoms with Crippen LogP contribution in [0.4, 0.5) is 0 Å². The van der Waals surface area contributed by atoms with E-state index in [0.29, 0.717) is 28.4 Å². The van der Waals surface area contributed by atoms with Gasteiger partial charge in [0.1, 0.15) is 17.2 Å². The van der Waals surface area contributed by atoms with Crippen LogP contribution in [0.1, 0.15) is 27.6 Å². The monoisotopic (exact) mass is 372 g/mol. The van der Waals surface area contributed by atoms with E-state index in [1.165, 1.54) is 0 Å². The van der Waals surface area contributed by atoms with Crippen LogP contribution in [0.25, 0.3) is 6.08 Å². The number of para-hydroxylation sites is 3. The zero-order valence-electron chi connectivity index (χ0n) is 15.7. The molecule has 140 valence electrons. The van der Waals surface area contributed by atoms with E-state index >= 15 is 0 Å². The Balaban J connectivity index is 1.91. The molecule has 0 saturated heterocycles. The lowest BCUT2D eigenvalue weighted by molar-refractivity contribution is 0.0962. The molecule has 0 radical (unpaired) electrons. The standard InChI is InChI=1S/C24H20O4/c1-26-20-12-6-3-9-16(20)15-19-23(25)17-10-4-8-14-22(17)28-24(19)18-11-5-7-13-21(18)27-2/h3-15,24H,1-2H3/b19-15-.